The predicted molar refractivity (Wildman–Crippen MR) is 108 cm³/mol. The topological polar surface area (TPSA) is 87.2 Å². The third-order valence-electron chi connectivity index (χ3n) is 4.07. The molecule has 1 aromatic carbocycles. The van der Waals surface area contributed by atoms with Gasteiger partial charge in [-0.2, -0.15) is 0 Å². The molecule has 2 rings (SSSR count). The van der Waals surface area contributed by atoms with Crippen molar-refractivity contribution in [1.82, 2.24) is 20.4 Å². The summed E-state index contributed by atoms with van der Waals surface area (Å²) in [5.74, 6) is -0.823. The second kappa shape index (κ2) is 10.8. The first-order valence-electron chi connectivity index (χ1n) is 9.19. The van der Waals surface area contributed by atoms with E-state index in [2.05, 4.69) is 20.8 Å². The fourth-order valence-electron chi connectivity index (χ4n) is 2.53. The Labute approximate surface area is 168 Å². The minimum atomic E-state index is -0.319. The minimum absolute atomic E-state index is 0.0523. The molecule has 0 aliphatic rings. The van der Waals surface area contributed by atoms with Gasteiger partial charge in [0.2, 0.25) is 16.9 Å². The van der Waals surface area contributed by atoms with E-state index in [1.807, 2.05) is 25.9 Å². The number of carbonyl (C=O) groups excluding carboxylic acids is 2. The molecule has 1 aromatic heterocycles. The zero-order valence-electron chi connectivity index (χ0n) is 16.4. The predicted octanol–water partition coefficient (Wildman–Crippen LogP) is 2.77. The van der Waals surface area contributed by atoms with Crippen LogP contribution in [0.1, 0.15) is 42.8 Å². The van der Waals surface area contributed by atoms with E-state index in [9.17, 15) is 14.0 Å². The molecule has 0 aliphatic carbocycles. The molecule has 9 heteroatoms. The van der Waals surface area contributed by atoms with Gasteiger partial charge in [-0.05, 0) is 51.2 Å². The van der Waals surface area contributed by atoms with Gasteiger partial charge in [0.15, 0.2) is 0 Å². The van der Waals surface area contributed by atoms with Crippen LogP contribution in [-0.4, -0.2) is 47.6 Å². The SMILES string of the molecule is CCc1nnc(NC(=O)CCC(=O)NC(CCN(C)C)c2ccc(F)cc2)s1. The van der Waals surface area contributed by atoms with Crippen molar-refractivity contribution in [1.29, 1.82) is 0 Å². The number of halogens is 1. The number of amides is 2. The summed E-state index contributed by atoms with van der Waals surface area (Å²) in [7, 11) is 3.90. The smallest absolute Gasteiger partial charge is 0.226 e. The first-order valence-corrected chi connectivity index (χ1v) is 10.0. The van der Waals surface area contributed by atoms with Crippen LogP contribution in [-0.2, 0) is 16.0 Å². The molecule has 1 unspecified atom stereocenters. The summed E-state index contributed by atoms with van der Waals surface area (Å²) in [5.41, 5.74) is 0.835. The number of rotatable bonds is 10. The maximum Gasteiger partial charge on any atom is 0.226 e. The van der Waals surface area contributed by atoms with Crippen LogP contribution in [0, 0.1) is 5.82 Å². The molecule has 0 saturated heterocycles. The largest absolute Gasteiger partial charge is 0.349 e. The monoisotopic (exact) mass is 407 g/mol. The van der Waals surface area contributed by atoms with Gasteiger partial charge in [0.1, 0.15) is 10.8 Å². The Bertz CT molecular complexity index is 779. The quantitative estimate of drug-likeness (QED) is 0.632. The summed E-state index contributed by atoms with van der Waals surface area (Å²) in [6, 6.07) is 5.86. The fourth-order valence-corrected chi connectivity index (χ4v) is 3.22. The summed E-state index contributed by atoms with van der Waals surface area (Å²) < 4.78 is 13.2. The maximum absolute atomic E-state index is 13.2. The summed E-state index contributed by atoms with van der Waals surface area (Å²) in [5, 5.41) is 14.7. The lowest BCUT2D eigenvalue weighted by Crippen LogP contribution is -2.31. The molecule has 0 radical (unpaired) electrons. The molecule has 2 amide bonds. The zero-order chi connectivity index (χ0) is 20.5. The van der Waals surface area contributed by atoms with Crippen molar-refractivity contribution in [2.45, 2.75) is 38.6 Å². The van der Waals surface area contributed by atoms with Gasteiger partial charge >= 0.3 is 0 Å². The van der Waals surface area contributed by atoms with Crippen molar-refractivity contribution < 1.29 is 14.0 Å². The lowest BCUT2D eigenvalue weighted by Gasteiger charge is -2.21. The Hall–Kier alpha value is -2.39. The summed E-state index contributed by atoms with van der Waals surface area (Å²) >= 11 is 1.32. The number of nitrogens with one attached hydrogen (secondary N) is 2. The molecular formula is C19H26FN5O2S. The van der Waals surface area contributed by atoms with E-state index in [0.717, 1.165) is 23.5 Å². The van der Waals surface area contributed by atoms with Crippen molar-refractivity contribution in [3.8, 4) is 0 Å². The van der Waals surface area contributed by atoms with Gasteiger partial charge in [-0.1, -0.05) is 30.4 Å². The van der Waals surface area contributed by atoms with E-state index in [1.54, 1.807) is 12.1 Å². The minimum Gasteiger partial charge on any atom is -0.349 e. The van der Waals surface area contributed by atoms with Gasteiger partial charge < -0.3 is 15.5 Å². The Balaban J connectivity index is 1.87. The van der Waals surface area contributed by atoms with Crippen LogP contribution in [0.2, 0.25) is 0 Å². The molecule has 152 valence electrons. The highest BCUT2D eigenvalue weighted by molar-refractivity contribution is 7.15. The lowest BCUT2D eigenvalue weighted by atomic mass is 10.0. The third-order valence-corrected chi connectivity index (χ3v) is 5.05. The second-order valence-corrected chi connectivity index (χ2v) is 7.73. The number of nitrogens with zero attached hydrogens (tertiary/aromatic N) is 3. The summed E-state index contributed by atoms with van der Waals surface area (Å²) in [6.45, 7) is 2.73. The normalized spacial score (nSPS) is 12.0. The molecule has 7 nitrogen and oxygen atoms in total. The lowest BCUT2D eigenvalue weighted by molar-refractivity contribution is -0.125. The highest BCUT2D eigenvalue weighted by atomic mass is 32.1. The van der Waals surface area contributed by atoms with Crippen molar-refractivity contribution in [3.63, 3.8) is 0 Å². The number of aromatic nitrogens is 2. The fraction of sp³-hybridized carbons (Fsp3) is 0.474. The van der Waals surface area contributed by atoms with Gasteiger partial charge in [0.05, 0.1) is 6.04 Å². The Kier molecular flexibility index (Phi) is 8.46. The van der Waals surface area contributed by atoms with E-state index >= 15 is 0 Å². The number of anilines is 1. The van der Waals surface area contributed by atoms with Gasteiger partial charge in [-0.3, -0.25) is 9.59 Å². The van der Waals surface area contributed by atoms with Crippen molar-refractivity contribution in [2.24, 2.45) is 0 Å². The highest BCUT2D eigenvalue weighted by Crippen LogP contribution is 2.19. The Morgan fingerprint density at radius 2 is 1.82 bits per heavy atom. The van der Waals surface area contributed by atoms with E-state index in [0.29, 0.717) is 11.6 Å². The van der Waals surface area contributed by atoms with Crippen LogP contribution in [0.3, 0.4) is 0 Å². The molecule has 1 atom stereocenters. The second-order valence-electron chi connectivity index (χ2n) is 6.67. The van der Waals surface area contributed by atoms with Crippen LogP contribution in [0.25, 0.3) is 0 Å². The van der Waals surface area contributed by atoms with Gasteiger partial charge in [-0.25, -0.2) is 4.39 Å². The molecule has 2 N–H and O–H groups in total. The van der Waals surface area contributed by atoms with Crippen LogP contribution >= 0.6 is 11.3 Å². The zero-order valence-corrected chi connectivity index (χ0v) is 17.2. The standard InChI is InChI=1S/C19H26FN5O2S/c1-4-18-23-24-19(28-18)22-17(27)10-9-16(26)21-15(11-12-25(2)3)13-5-7-14(20)8-6-13/h5-8,15H,4,9-12H2,1-3H3,(H,21,26)(H,22,24,27). The van der Waals surface area contributed by atoms with Gasteiger partial charge in [0.25, 0.3) is 0 Å². The molecule has 0 saturated carbocycles. The van der Waals surface area contributed by atoms with Crippen LogP contribution < -0.4 is 10.6 Å². The first kappa shape index (κ1) is 21.9. The first-order chi connectivity index (χ1) is 13.4. The number of hydrogen-bond acceptors (Lipinski definition) is 6. The van der Waals surface area contributed by atoms with E-state index in [1.165, 1.54) is 23.5 Å². The van der Waals surface area contributed by atoms with Crippen molar-refractivity contribution in [3.05, 3.63) is 40.7 Å². The molecule has 1 heterocycles. The van der Waals surface area contributed by atoms with Crippen LogP contribution in [0.4, 0.5) is 9.52 Å². The Morgan fingerprint density at radius 3 is 2.43 bits per heavy atom. The van der Waals surface area contributed by atoms with Crippen molar-refractivity contribution in [2.75, 3.05) is 26.0 Å². The molecule has 0 bridgehead atoms. The average molecular weight is 408 g/mol. The molecule has 28 heavy (non-hydrogen) atoms. The maximum atomic E-state index is 13.2. The van der Waals surface area contributed by atoms with E-state index in [-0.39, 0.29) is 36.5 Å². The number of aryl methyl sites for hydroxylation is 1. The average Bonchev–Trinajstić information content (AvgIpc) is 3.11. The summed E-state index contributed by atoms with van der Waals surface area (Å²) in [4.78, 5) is 26.4. The molecule has 0 aliphatic heterocycles. The molecule has 2 aromatic rings. The van der Waals surface area contributed by atoms with Crippen LogP contribution in [0.15, 0.2) is 24.3 Å². The summed E-state index contributed by atoms with van der Waals surface area (Å²) in [6.07, 6.45) is 1.55. The third kappa shape index (κ3) is 7.32. The highest BCUT2D eigenvalue weighted by Gasteiger charge is 2.16. The molecular weight excluding hydrogens is 381 g/mol. The number of benzene rings is 1. The Morgan fingerprint density at radius 1 is 1.14 bits per heavy atom. The van der Waals surface area contributed by atoms with Gasteiger partial charge in [-0.15, -0.1) is 10.2 Å². The van der Waals surface area contributed by atoms with Gasteiger partial charge in [0, 0.05) is 12.8 Å². The number of hydrogen-bond donors (Lipinski definition) is 2. The van der Waals surface area contributed by atoms with E-state index in [4.69, 9.17) is 0 Å². The molecule has 0 fully saturated rings. The van der Waals surface area contributed by atoms with E-state index < -0.39 is 0 Å². The molecule has 0 spiro atoms. The van der Waals surface area contributed by atoms with Crippen LogP contribution in [0.5, 0.6) is 0 Å². The number of carbonyl (C=O) groups is 2. The van der Waals surface area contributed by atoms with Crippen molar-refractivity contribution >= 4 is 28.3 Å².